The third-order valence-electron chi connectivity index (χ3n) is 2.50. The van der Waals surface area contributed by atoms with Gasteiger partial charge < -0.3 is 5.73 Å². The zero-order chi connectivity index (χ0) is 14.8. The zero-order valence-corrected chi connectivity index (χ0v) is 12.5. The molecule has 8 heteroatoms. The molecule has 0 radical (unpaired) electrons. The molecular weight excluding hydrogens is 320 g/mol. The minimum atomic E-state index is -3.85. The molecule has 0 spiro atoms. The van der Waals surface area contributed by atoms with Gasteiger partial charge in [-0.3, -0.25) is 4.79 Å². The van der Waals surface area contributed by atoms with E-state index in [4.69, 9.17) is 17.3 Å². The number of carbonyl (C=O) groups excluding carboxylic acids is 1. The van der Waals surface area contributed by atoms with E-state index in [1.807, 2.05) is 0 Å². The Hall–Kier alpha value is -1.41. The van der Waals surface area contributed by atoms with E-state index in [0.29, 0.717) is 9.90 Å². The Morgan fingerprint density at radius 1 is 1.20 bits per heavy atom. The number of amides is 1. The highest BCUT2D eigenvalue weighted by atomic mass is 35.5. The number of primary amides is 1. The summed E-state index contributed by atoms with van der Waals surface area (Å²) in [4.78, 5) is 11.5. The van der Waals surface area contributed by atoms with Crippen LogP contribution in [0.4, 0.5) is 0 Å². The second-order valence-corrected chi connectivity index (χ2v) is 7.58. The molecule has 0 saturated carbocycles. The van der Waals surface area contributed by atoms with Crippen LogP contribution in [0.25, 0.3) is 0 Å². The maximum absolute atomic E-state index is 12.2. The predicted molar refractivity (Wildman–Crippen MR) is 78.0 cm³/mol. The van der Waals surface area contributed by atoms with Gasteiger partial charge in [-0.25, -0.2) is 8.42 Å². The first kappa shape index (κ1) is 15.0. The molecule has 0 bridgehead atoms. The highest BCUT2D eigenvalue weighted by molar-refractivity contribution is 7.91. The number of benzene rings is 1. The standard InChI is InChI=1S/C12H11ClN2O3S2/c13-9-6-7-10(19-9)20(17,18)15-11(12(14)16)8-4-2-1-3-5-8/h1-7,11,15H,(H2,14,16)/t11-/m0/s1. The number of thiophene rings is 1. The van der Waals surface area contributed by atoms with Gasteiger partial charge in [-0.2, -0.15) is 4.72 Å². The highest BCUT2D eigenvalue weighted by Crippen LogP contribution is 2.26. The van der Waals surface area contributed by atoms with Gasteiger partial charge in [-0.1, -0.05) is 41.9 Å². The first-order valence-corrected chi connectivity index (χ1v) is 8.20. The Morgan fingerprint density at radius 2 is 1.85 bits per heavy atom. The van der Waals surface area contributed by atoms with Crippen LogP contribution in [0.5, 0.6) is 0 Å². The van der Waals surface area contributed by atoms with Crippen molar-refractivity contribution in [2.24, 2.45) is 5.73 Å². The summed E-state index contributed by atoms with van der Waals surface area (Å²) >= 11 is 6.62. The van der Waals surface area contributed by atoms with Crippen molar-refractivity contribution in [1.29, 1.82) is 0 Å². The van der Waals surface area contributed by atoms with E-state index in [0.717, 1.165) is 11.3 Å². The van der Waals surface area contributed by atoms with Crippen LogP contribution in [0, 0.1) is 0 Å². The van der Waals surface area contributed by atoms with Crippen LogP contribution in [-0.4, -0.2) is 14.3 Å². The number of hydrogen-bond donors (Lipinski definition) is 2. The number of sulfonamides is 1. The molecule has 20 heavy (non-hydrogen) atoms. The number of rotatable bonds is 5. The van der Waals surface area contributed by atoms with Crippen LogP contribution in [0.3, 0.4) is 0 Å². The smallest absolute Gasteiger partial charge is 0.251 e. The maximum Gasteiger partial charge on any atom is 0.251 e. The Balaban J connectivity index is 2.32. The summed E-state index contributed by atoms with van der Waals surface area (Å²) < 4.78 is 27.0. The fourth-order valence-electron chi connectivity index (χ4n) is 1.59. The van der Waals surface area contributed by atoms with Gasteiger partial charge in [-0.05, 0) is 17.7 Å². The van der Waals surface area contributed by atoms with Gasteiger partial charge in [0, 0.05) is 0 Å². The van der Waals surface area contributed by atoms with Gasteiger partial charge in [0.2, 0.25) is 5.91 Å². The summed E-state index contributed by atoms with van der Waals surface area (Å²) in [6, 6.07) is 10.1. The normalized spacial score (nSPS) is 13.1. The minimum absolute atomic E-state index is 0.0321. The Labute approximate surface area is 125 Å². The lowest BCUT2D eigenvalue weighted by molar-refractivity contribution is -0.119. The minimum Gasteiger partial charge on any atom is -0.368 e. The molecular formula is C12H11ClN2O3S2. The van der Waals surface area contributed by atoms with Crippen molar-refractivity contribution in [3.8, 4) is 0 Å². The molecule has 1 aromatic heterocycles. The molecule has 0 fully saturated rings. The van der Waals surface area contributed by atoms with Crippen LogP contribution in [0.1, 0.15) is 11.6 Å². The molecule has 0 aliphatic heterocycles. The Bertz CT molecular complexity index is 713. The van der Waals surface area contributed by atoms with Crippen LogP contribution in [0.15, 0.2) is 46.7 Å². The summed E-state index contributed by atoms with van der Waals surface area (Å²) in [5.41, 5.74) is 5.75. The molecule has 0 aliphatic carbocycles. The largest absolute Gasteiger partial charge is 0.368 e. The summed E-state index contributed by atoms with van der Waals surface area (Å²) in [5, 5.41) is 0. The lowest BCUT2D eigenvalue weighted by atomic mass is 10.1. The molecule has 1 atom stereocenters. The topological polar surface area (TPSA) is 89.3 Å². The Morgan fingerprint density at radius 3 is 2.35 bits per heavy atom. The first-order chi connectivity index (χ1) is 9.40. The van der Waals surface area contributed by atoms with Gasteiger partial charge in [0.15, 0.2) is 0 Å². The number of carbonyl (C=O) groups is 1. The molecule has 1 aromatic carbocycles. The molecule has 0 unspecified atom stereocenters. The van der Waals surface area contributed by atoms with E-state index in [1.54, 1.807) is 30.3 Å². The van der Waals surface area contributed by atoms with Gasteiger partial charge in [-0.15, -0.1) is 11.3 Å². The van der Waals surface area contributed by atoms with Gasteiger partial charge in [0.05, 0.1) is 4.34 Å². The van der Waals surface area contributed by atoms with Crippen LogP contribution in [0.2, 0.25) is 4.34 Å². The number of halogens is 1. The van der Waals surface area contributed by atoms with Crippen molar-refractivity contribution in [1.82, 2.24) is 4.72 Å². The second-order valence-electron chi connectivity index (χ2n) is 3.93. The van der Waals surface area contributed by atoms with E-state index < -0.39 is 22.0 Å². The van der Waals surface area contributed by atoms with E-state index in [9.17, 15) is 13.2 Å². The fourth-order valence-corrected chi connectivity index (χ4v) is 4.28. The van der Waals surface area contributed by atoms with Crippen LogP contribution in [-0.2, 0) is 14.8 Å². The third-order valence-corrected chi connectivity index (χ3v) is 5.65. The average molecular weight is 331 g/mol. The summed E-state index contributed by atoms with van der Waals surface area (Å²) in [5.74, 6) is -0.776. The molecule has 2 rings (SSSR count). The summed E-state index contributed by atoms with van der Waals surface area (Å²) in [6.45, 7) is 0. The molecule has 106 valence electrons. The van der Waals surface area contributed by atoms with Crippen molar-refractivity contribution >= 4 is 38.9 Å². The van der Waals surface area contributed by atoms with E-state index >= 15 is 0 Å². The van der Waals surface area contributed by atoms with Crippen molar-refractivity contribution in [3.63, 3.8) is 0 Å². The maximum atomic E-state index is 12.2. The van der Waals surface area contributed by atoms with Crippen molar-refractivity contribution in [3.05, 3.63) is 52.4 Å². The highest BCUT2D eigenvalue weighted by Gasteiger charge is 2.26. The first-order valence-electron chi connectivity index (χ1n) is 5.52. The SMILES string of the molecule is NC(=O)[C@@H](NS(=O)(=O)c1ccc(Cl)s1)c1ccccc1. The van der Waals surface area contributed by atoms with Gasteiger partial charge in [0.1, 0.15) is 10.3 Å². The molecule has 0 aliphatic rings. The summed E-state index contributed by atoms with van der Waals surface area (Å²) in [6.07, 6.45) is 0. The quantitative estimate of drug-likeness (QED) is 0.877. The second kappa shape index (κ2) is 5.92. The van der Waals surface area contributed by atoms with Gasteiger partial charge >= 0.3 is 0 Å². The van der Waals surface area contributed by atoms with Crippen molar-refractivity contribution in [2.75, 3.05) is 0 Å². The molecule has 0 saturated heterocycles. The van der Waals surface area contributed by atoms with Crippen LogP contribution < -0.4 is 10.5 Å². The summed E-state index contributed by atoms with van der Waals surface area (Å²) in [7, 11) is -3.85. The molecule has 1 amide bonds. The number of nitrogens with two attached hydrogens (primary N) is 1. The molecule has 5 nitrogen and oxygen atoms in total. The predicted octanol–water partition coefficient (Wildman–Crippen LogP) is 1.91. The lowest BCUT2D eigenvalue weighted by Crippen LogP contribution is -2.37. The number of nitrogens with one attached hydrogen (secondary N) is 1. The Kier molecular flexibility index (Phi) is 4.44. The molecule has 1 heterocycles. The average Bonchev–Trinajstić information content (AvgIpc) is 2.84. The van der Waals surface area contributed by atoms with E-state index in [2.05, 4.69) is 4.72 Å². The van der Waals surface area contributed by atoms with Crippen molar-refractivity contribution < 1.29 is 13.2 Å². The fraction of sp³-hybridized carbons (Fsp3) is 0.0833. The van der Waals surface area contributed by atoms with Gasteiger partial charge in [0.25, 0.3) is 10.0 Å². The van der Waals surface area contributed by atoms with E-state index in [1.165, 1.54) is 12.1 Å². The zero-order valence-electron chi connectivity index (χ0n) is 10.1. The third kappa shape index (κ3) is 3.37. The van der Waals surface area contributed by atoms with Crippen molar-refractivity contribution in [2.45, 2.75) is 10.3 Å². The monoisotopic (exact) mass is 330 g/mol. The molecule has 3 N–H and O–H groups in total. The van der Waals surface area contributed by atoms with E-state index in [-0.39, 0.29) is 4.21 Å². The lowest BCUT2D eigenvalue weighted by Gasteiger charge is -2.15. The molecule has 2 aromatic rings. The number of hydrogen-bond acceptors (Lipinski definition) is 4. The van der Waals surface area contributed by atoms with Crippen LogP contribution >= 0.6 is 22.9 Å².